The maximum absolute atomic E-state index is 5.98. The van der Waals surface area contributed by atoms with Crippen molar-refractivity contribution in [3.63, 3.8) is 0 Å². The van der Waals surface area contributed by atoms with Crippen molar-refractivity contribution in [2.45, 2.75) is 13.5 Å². The van der Waals surface area contributed by atoms with Crippen LogP contribution in [-0.4, -0.2) is 6.61 Å². The van der Waals surface area contributed by atoms with Gasteiger partial charge in [-0.3, -0.25) is 0 Å². The molecule has 0 aliphatic carbocycles. The molecule has 90 valence electrons. The molecule has 0 radical (unpaired) electrons. The van der Waals surface area contributed by atoms with Crippen molar-refractivity contribution in [1.82, 2.24) is 0 Å². The highest BCUT2D eigenvalue weighted by Crippen LogP contribution is 2.28. The molecule has 1 heterocycles. The van der Waals surface area contributed by atoms with E-state index in [9.17, 15) is 0 Å². The predicted octanol–water partition coefficient (Wildman–Crippen LogP) is 4.41. The molecule has 0 saturated carbocycles. The zero-order valence-corrected chi connectivity index (χ0v) is 11.1. The van der Waals surface area contributed by atoms with Gasteiger partial charge in [0.2, 0.25) is 0 Å². The van der Waals surface area contributed by atoms with E-state index in [0.717, 1.165) is 18.0 Å². The lowest BCUT2D eigenvalue weighted by Gasteiger charge is -2.12. The highest BCUT2D eigenvalue weighted by Gasteiger charge is 2.04. The second-order valence-corrected chi connectivity index (χ2v) is 4.98. The molecule has 0 atom stereocenters. The molecule has 17 heavy (non-hydrogen) atoms. The highest BCUT2D eigenvalue weighted by molar-refractivity contribution is 7.09. The van der Waals surface area contributed by atoms with Gasteiger partial charge in [-0.05, 0) is 36.6 Å². The number of hydrogen-bond acceptors (Lipinski definition) is 3. The minimum atomic E-state index is 0.648. The summed E-state index contributed by atoms with van der Waals surface area (Å²) in [6.45, 7) is 3.41. The number of benzene rings is 1. The van der Waals surface area contributed by atoms with Gasteiger partial charge >= 0.3 is 0 Å². The largest absolute Gasteiger partial charge is 0.492 e. The molecule has 2 rings (SSSR count). The SMILES string of the molecule is CCOc1ccc(Cl)cc1NCc1cccs1. The zero-order valence-electron chi connectivity index (χ0n) is 9.57. The molecule has 0 amide bonds. The van der Waals surface area contributed by atoms with E-state index in [0.29, 0.717) is 11.6 Å². The van der Waals surface area contributed by atoms with E-state index < -0.39 is 0 Å². The minimum Gasteiger partial charge on any atom is -0.492 e. The fourth-order valence-corrected chi connectivity index (χ4v) is 2.33. The van der Waals surface area contributed by atoms with Crippen LogP contribution in [-0.2, 0) is 6.54 Å². The van der Waals surface area contributed by atoms with Crippen molar-refractivity contribution >= 4 is 28.6 Å². The second-order valence-electron chi connectivity index (χ2n) is 3.51. The van der Waals surface area contributed by atoms with Gasteiger partial charge in [0, 0.05) is 16.4 Å². The van der Waals surface area contributed by atoms with E-state index in [2.05, 4.69) is 16.8 Å². The first kappa shape index (κ1) is 12.3. The maximum Gasteiger partial charge on any atom is 0.142 e. The molecule has 1 aromatic heterocycles. The summed E-state index contributed by atoms with van der Waals surface area (Å²) in [6, 6.07) is 9.76. The van der Waals surface area contributed by atoms with E-state index in [1.807, 2.05) is 31.2 Å². The van der Waals surface area contributed by atoms with Gasteiger partial charge in [-0.15, -0.1) is 11.3 Å². The van der Waals surface area contributed by atoms with Crippen LogP contribution in [0.15, 0.2) is 35.7 Å². The molecule has 0 spiro atoms. The Morgan fingerprint density at radius 2 is 2.24 bits per heavy atom. The number of rotatable bonds is 5. The predicted molar refractivity (Wildman–Crippen MR) is 74.3 cm³/mol. The van der Waals surface area contributed by atoms with Gasteiger partial charge < -0.3 is 10.1 Å². The summed E-state index contributed by atoms with van der Waals surface area (Å²) in [7, 11) is 0. The quantitative estimate of drug-likeness (QED) is 0.866. The lowest BCUT2D eigenvalue weighted by atomic mass is 10.3. The lowest BCUT2D eigenvalue weighted by molar-refractivity contribution is 0.341. The summed E-state index contributed by atoms with van der Waals surface area (Å²) in [5, 5.41) is 6.12. The Morgan fingerprint density at radius 3 is 2.94 bits per heavy atom. The third-order valence-corrected chi connectivity index (χ3v) is 3.39. The maximum atomic E-state index is 5.98. The van der Waals surface area contributed by atoms with E-state index in [1.165, 1.54) is 4.88 Å². The van der Waals surface area contributed by atoms with Gasteiger partial charge in [0.25, 0.3) is 0 Å². The summed E-state index contributed by atoms with van der Waals surface area (Å²) in [5.41, 5.74) is 0.938. The van der Waals surface area contributed by atoms with E-state index >= 15 is 0 Å². The van der Waals surface area contributed by atoms with Crippen LogP contribution in [0.5, 0.6) is 5.75 Å². The van der Waals surface area contributed by atoms with Gasteiger partial charge in [-0.1, -0.05) is 17.7 Å². The molecule has 2 aromatic rings. The molecule has 0 bridgehead atoms. The number of thiophene rings is 1. The van der Waals surface area contributed by atoms with Crippen molar-refractivity contribution in [3.8, 4) is 5.75 Å². The smallest absolute Gasteiger partial charge is 0.142 e. The summed E-state index contributed by atoms with van der Waals surface area (Å²) in [5.74, 6) is 0.841. The van der Waals surface area contributed by atoms with Crippen LogP contribution in [0.2, 0.25) is 5.02 Å². The Kier molecular flexibility index (Phi) is 4.29. The molecule has 0 saturated heterocycles. The number of hydrogen-bond donors (Lipinski definition) is 1. The first-order valence-corrected chi connectivity index (χ1v) is 6.74. The normalized spacial score (nSPS) is 10.2. The molecule has 0 aliphatic rings. The lowest BCUT2D eigenvalue weighted by Crippen LogP contribution is -2.01. The van der Waals surface area contributed by atoms with Crippen LogP contribution in [0.3, 0.4) is 0 Å². The highest BCUT2D eigenvalue weighted by atomic mass is 35.5. The first-order chi connectivity index (χ1) is 8.29. The van der Waals surface area contributed by atoms with Crippen molar-refractivity contribution < 1.29 is 4.74 Å². The molecular formula is C13H14ClNOS. The monoisotopic (exact) mass is 267 g/mol. The molecule has 0 aliphatic heterocycles. The third kappa shape index (κ3) is 3.38. The van der Waals surface area contributed by atoms with Crippen molar-refractivity contribution in [2.24, 2.45) is 0 Å². The Hall–Kier alpha value is -1.19. The fraction of sp³-hybridized carbons (Fsp3) is 0.231. The van der Waals surface area contributed by atoms with Gasteiger partial charge in [-0.2, -0.15) is 0 Å². The standard InChI is InChI=1S/C13H14ClNOS/c1-2-16-13-6-5-10(14)8-12(13)15-9-11-4-3-7-17-11/h3-8,15H,2,9H2,1H3. The summed E-state index contributed by atoms with van der Waals surface area (Å²) < 4.78 is 5.54. The van der Waals surface area contributed by atoms with Gasteiger partial charge in [0.1, 0.15) is 5.75 Å². The summed E-state index contributed by atoms with van der Waals surface area (Å²) in [4.78, 5) is 1.28. The second kappa shape index (κ2) is 5.94. The fourth-order valence-electron chi connectivity index (χ4n) is 1.52. The molecule has 0 unspecified atom stereocenters. The van der Waals surface area contributed by atoms with E-state index in [4.69, 9.17) is 16.3 Å². The van der Waals surface area contributed by atoms with Crippen molar-refractivity contribution in [3.05, 3.63) is 45.6 Å². The minimum absolute atomic E-state index is 0.648. The van der Waals surface area contributed by atoms with Crippen molar-refractivity contribution in [1.29, 1.82) is 0 Å². The summed E-state index contributed by atoms with van der Waals surface area (Å²) in [6.07, 6.45) is 0. The molecule has 1 N–H and O–H groups in total. The first-order valence-electron chi connectivity index (χ1n) is 5.48. The summed E-state index contributed by atoms with van der Waals surface area (Å²) >= 11 is 7.71. The Labute approximate surface area is 110 Å². The van der Waals surface area contributed by atoms with Crippen LogP contribution in [0.25, 0.3) is 0 Å². The Morgan fingerprint density at radius 1 is 1.35 bits per heavy atom. The Balaban J connectivity index is 2.10. The molecule has 2 nitrogen and oxygen atoms in total. The Bertz CT molecular complexity index is 470. The molecular weight excluding hydrogens is 254 g/mol. The van der Waals surface area contributed by atoms with E-state index in [1.54, 1.807) is 11.3 Å². The zero-order chi connectivity index (χ0) is 12.1. The average molecular weight is 268 g/mol. The number of anilines is 1. The molecule has 1 aromatic carbocycles. The van der Waals surface area contributed by atoms with Gasteiger partial charge in [0.05, 0.1) is 12.3 Å². The molecule has 0 fully saturated rings. The van der Waals surface area contributed by atoms with Crippen molar-refractivity contribution in [2.75, 3.05) is 11.9 Å². The number of ether oxygens (including phenoxy) is 1. The number of nitrogens with one attached hydrogen (secondary N) is 1. The molecule has 4 heteroatoms. The van der Waals surface area contributed by atoms with Crippen LogP contribution in [0, 0.1) is 0 Å². The van der Waals surface area contributed by atoms with Gasteiger partial charge in [0.15, 0.2) is 0 Å². The van der Waals surface area contributed by atoms with Crippen LogP contribution < -0.4 is 10.1 Å². The topological polar surface area (TPSA) is 21.3 Å². The van der Waals surface area contributed by atoms with E-state index in [-0.39, 0.29) is 0 Å². The third-order valence-electron chi connectivity index (χ3n) is 2.27. The van der Waals surface area contributed by atoms with Gasteiger partial charge in [-0.25, -0.2) is 0 Å². The number of halogens is 1. The van der Waals surface area contributed by atoms with Crippen LogP contribution >= 0.6 is 22.9 Å². The van der Waals surface area contributed by atoms with Crippen LogP contribution in [0.1, 0.15) is 11.8 Å². The average Bonchev–Trinajstić information content (AvgIpc) is 2.82. The van der Waals surface area contributed by atoms with Crippen LogP contribution in [0.4, 0.5) is 5.69 Å².